The second-order valence-electron chi connectivity index (χ2n) is 6.35. The van der Waals surface area contributed by atoms with Gasteiger partial charge in [0, 0.05) is 26.3 Å². The molecule has 1 saturated carbocycles. The smallest absolute Gasteiger partial charge is 0.191 e. The van der Waals surface area contributed by atoms with Gasteiger partial charge in [0.2, 0.25) is 0 Å². The first-order chi connectivity index (χ1) is 11.7. The Bertz CT molecular complexity index is 533. The molecule has 0 saturated heterocycles. The number of hydrogen-bond acceptors (Lipinski definition) is 3. The van der Waals surface area contributed by atoms with Gasteiger partial charge in [-0.15, -0.1) is 24.0 Å². The predicted molar refractivity (Wildman–Crippen MR) is 114 cm³/mol. The van der Waals surface area contributed by atoms with Crippen LogP contribution in [0.3, 0.4) is 0 Å². The molecular formula is C19H32IN3O2. The molecule has 0 aliphatic heterocycles. The number of halogens is 1. The van der Waals surface area contributed by atoms with Crippen LogP contribution in [0.4, 0.5) is 0 Å². The molecule has 1 aromatic rings. The van der Waals surface area contributed by atoms with Crippen molar-refractivity contribution in [3.8, 4) is 5.75 Å². The second kappa shape index (κ2) is 12.4. The maximum absolute atomic E-state index is 5.65. The zero-order valence-electron chi connectivity index (χ0n) is 15.6. The maximum atomic E-state index is 5.65. The summed E-state index contributed by atoms with van der Waals surface area (Å²) in [4.78, 5) is 4.65. The Kier molecular flexibility index (Phi) is 10.9. The van der Waals surface area contributed by atoms with Crippen molar-refractivity contribution in [1.82, 2.24) is 10.6 Å². The number of guanidine groups is 1. The highest BCUT2D eigenvalue weighted by molar-refractivity contribution is 14.0. The van der Waals surface area contributed by atoms with Crippen LogP contribution in [-0.2, 0) is 11.3 Å². The highest BCUT2D eigenvalue weighted by Crippen LogP contribution is 2.28. The molecule has 0 bridgehead atoms. The number of methoxy groups -OCH3 is 1. The van der Waals surface area contributed by atoms with Gasteiger partial charge in [-0.2, -0.15) is 0 Å². The van der Waals surface area contributed by atoms with Gasteiger partial charge in [-0.05, 0) is 62.3 Å². The first-order valence-corrected chi connectivity index (χ1v) is 8.95. The third-order valence-corrected chi connectivity index (χ3v) is 3.92. The van der Waals surface area contributed by atoms with Crippen molar-refractivity contribution in [1.29, 1.82) is 0 Å². The summed E-state index contributed by atoms with van der Waals surface area (Å²) in [5.41, 5.74) is 2.34. The van der Waals surface area contributed by atoms with Crippen LogP contribution in [0.5, 0.6) is 5.75 Å². The van der Waals surface area contributed by atoms with Gasteiger partial charge >= 0.3 is 0 Å². The molecule has 1 aromatic carbocycles. The van der Waals surface area contributed by atoms with E-state index in [1.165, 1.54) is 18.4 Å². The van der Waals surface area contributed by atoms with Crippen molar-refractivity contribution < 1.29 is 9.47 Å². The molecule has 5 nitrogen and oxygen atoms in total. The Balaban J connectivity index is 0.00000312. The van der Waals surface area contributed by atoms with E-state index in [9.17, 15) is 0 Å². The number of nitrogens with one attached hydrogen (secondary N) is 2. The topological polar surface area (TPSA) is 54.9 Å². The van der Waals surface area contributed by atoms with E-state index in [0.29, 0.717) is 6.54 Å². The van der Waals surface area contributed by atoms with Crippen LogP contribution in [0.1, 0.15) is 37.3 Å². The molecule has 0 atom stereocenters. The van der Waals surface area contributed by atoms with Gasteiger partial charge in [0.1, 0.15) is 5.75 Å². The van der Waals surface area contributed by atoms with Gasteiger partial charge in [0.25, 0.3) is 0 Å². The number of aliphatic imine (C=N–C) groups is 1. The number of ether oxygens (including phenoxy) is 2. The Morgan fingerprint density at radius 1 is 1.24 bits per heavy atom. The average molecular weight is 461 g/mol. The third kappa shape index (κ3) is 9.30. The lowest BCUT2D eigenvalue weighted by Crippen LogP contribution is -2.38. The van der Waals surface area contributed by atoms with Crippen LogP contribution in [-0.4, -0.2) is 39.4 Å². The van der Waals surface area contributed by atoms with E-state index in [0.717, 1.165) is 55.9 Å². The number of aryl methyl sites for hydroxylation is 1. The normalized spacial score (nSPS) is 14.0. The number of hydrogen-bond donors (Lipinski definition) is 2. The van der Waals surface area contributed by atoms with E-state index in [4.69, 9.17) is 9.47 Å². The molecule has 6 heteroatoms. The minimum Gasteiger partial charge on any atom is -0.497 e. The zero-order chi connectivity index (χ0) is 17.2. The fraction of sp³-hybridized carbons (Fsp3) is 0.632. The Morgan fingerprint density at radius 2 is 2.04 bits per heavy atom. The summed E-state index contributed by atoms with van der Waals surface area (Å²) in [6.07, 6.45) is 3.69. The van der Waals surface area contributed by atoms with Crippen LogP contribution < -0.4 is 15.4 Å². The molecule has 0 unspecified atom stereocenters. The molecule has 2 N–H and O–H groups in total. The van der Waals surface area contributed by atoms with Crippen molar-refractivity contribution in [2.24, 2.45) is 10.9 Å². The fourth-order valence-corrected chi connectivity index (χ4v) is 2.46. The lowest BCUT2D eigenvalue weighted by atomic mass is 10.1. The monoisotopic (exact) mass is 461 g/mol. The lowest BCUT2D eigenvalue weighted by molar-refractivity contribution is 0.123. The first kappa shape index (κ1) is 22.0. The van der Waals surface area contributed by atoms with Crippen molar-refractivity contribution >= 4 is 29.9 Å². The van der Waals surface area contributed by atoms with Crippen molar-refractivity contribution in [2.45, 2.75) is 39.7 Å². The Hall–Kier alpha value is -1.02. The highest BCUT2D eigenvalue weighted by Gasteiger charge is 2.20. The predicted octanol–water partition coefficient (Wildman–Crippen LogP) is 3.49. The molecule has 0 aromatic heterocycles. The summed E-state index contributed by atoms with van der Waals surface area (Å²) >= 11 is 0. The minimum atomic E-state index is 0. The summed E-state index contributed by atoms with van der Waals surface area (Å²) < 4.78 is 11.0. The molecule has 1 aliphatic carbocycles. The molecule has 2 rings (SSSR count). The van der Waals surface area contributed by atoms with E-state index >= 15 is 0 Å². The van der Waals surface area contributed by atoms with Gasteiger partial charge in [0.05, 0.1) is 13.7 Å². The molecule has 0 spiro atoms. The lowest BCUT2D eigenvalue weighted by Gasteiger charge is -2.12. The van der Waals surface area contributed by atoms with Crippen molar-refractivity contribution in [3.63, 3.8) is 0 Å². The van der Waals surface area contributed by atoms with Gasteiger partial charge in [0.15, 0.2) is 5.96 Å². The minimum absolute atomic E-state index is 0. The Labute approximate surface area is 169 Å². The summed E-state index contributed by atoms with van der Waals surface area (Å²) in [6, 6.07) is 6.20. The quantitative estimate of drug-likeness (QED) is 0.243. The standard InChI is InChI=1S/C19H31N3O2.HI/c1-4-20-19(21-8-5-9-24-14-16-6-7-16)22-13-17-10-15(2)11-18(12-17)23-3;/h10-12,16H,4-9,13-14H2,1-3H3,(H2,20,21,22);1H. The highest BCUT2D eigenvalue weighted by atomic mass is 127. The largest absolute Gasteiger partial charge is 0.497 e. The molecular weight excluding hydrogens is 429 g/mol. The third-order valence-electron chi connectivity index (χ3n) is 3.92. The van der Waals surface area contributed by atoms with Gasteiger partial charge in [-0.1, -0.05) is 6.07 Å². The van der Waals surface area contributed by atoms with Crippen LogP contribution >= 0.6 is 24.0 Å². The molecule has 0 heterocycles. The first-order valence-electron chi connectivity index (χ1n) is 8.95. The summed E-state index contributed by atoms with van der Waals surface area (Å²) in [7, 11) is 1.69. The molecule has 0 radical (unpaired) electrons. The van der Waals surface area contributed by atoms with Crippen LogP contribution in [0.15, 0.2) is 23.2 Å². The van der Waals surface area contributed by atoms with Gasteiger partial charge in [-0.3, -0.25) is 0 Å². The van der Waals surface area contributed by atoms with E-state index in [1.807, 2.05) is 12.1 Å². The summed E-state index contributed by atoms with van der Waals surface area (Å²) in [5.74, 6) is 2.56. The van der Waals surface area contributed by atoms with E-state index in [-0.39, 0.29) is 24.0 Å². The Morgan fingerprint density at radius 3 is 2.72 bits per heavy atom. The summed E-state index contributed by atoms with van der Waals surface area (Å²) in [5, 5.41) is 6.65. The van der Waals surface area contributed by atoms with E-state index < -0.39 is 0 Å². The molecule has 25 heavy (non-hydrogen) atoms. The SMILES string of the molecule is CCNC(=NCc1cc(C)cc(OC)c1)NCCCOCC1CC1.I. The number of nitrogens with zero attached hydrogens (tertiary/aromatic N) is 1. The van der Waals surface area contributed by atoms with E-state index in [1.54, 1.807) is 7.11 Å². The molecule has 142 valence electrons. The van der Waals surface area contributed by atoms with E-state index in [2.05, 4.69) is 35.5 Å². The maximum Gasteiger partial charge on any atom is 0.191 e. The van der Waals surface area contributed by atoms with Crippen LogP contribution in [0.25, 0.3) is 0 Å². The fourth-order valence-electron chi connectivity index (χ4n) is 2.46. The molecule has 0 amide bonds. The van der Waals surface area contributed by atoms with Crippen molar-refractivity contribution in [3.05, 3.63) is 29.3 Å². The van der Waals surface area contributed by atoms with Crippen molar-refractivity contribution in [2.75, 3.05) is 33.4 Å². The molecule has 1 fully saturated rings. The average Bonchev–Trinajstić information content (AvgIpc) is 3.39. The van der Waals surface area contributed by atoms with Crippen LogP contribution in [0, 0.1) is 12.8 Å². The number of benzene rings is 1. The zero-order valence-corrected chi connectivity index (χ0v) is 18.0. The second-order valence-corrected chi connectivity index (χ2v) is 6.35. The van der Waals surface area contributed by atoms with Crippen LogP contribution in [0.2, 0.25) is 0 Å². The van der Waals surface area contributed by atoms with Gasteiger partial charge in [-0.25, -0.2) is 4.99 Å². The molecule has 1 aliphatic rings. The van der Waals surface area contributed by atoms with Gasteiger partial charge < -0.3 is 20.1 Å². The number of rotatable bonds is 10. The summed E-state index contributed by atoms with van der Waals surface area (Å²) in [6.45, 7) is 8.24.